The Morgan fingerprint density at radius 1 is 1.40 bits per heavy atom. The van der Waals surface area contributed by atoms with Gasteiger partial charge in [0.05, 0.1) is 18.4 Å². The van der Waals surface area contributed by atoms with Crippen LogP contribution >= 0.6 is 0 Å². The fourth-order valence-electron chi connectivity index (χ4n) is 2.15. The normalized spacial score (nSPS) is 13.4. The highest BCUT2D eigenvalue weighted by atomic mass is 15.1. The van der Waals surface area contributed by atoms with Crippen LogP contribution in [0.5, 0.6) is 0 Å². The second-order valence-electron chi connectivity index (χ2n) is 3.70. The van der Waals surface area contributed by atoms with Crippen molar-refractivity contribution in [1.29, 1.82) is 0 Å². The van der Waals surface area contributed by atoms with E-state index in [1.165, 1.54) is 16.8 Å². The predicted octanol–water partition coefficient (Wildman–Crippen LogP) is 0.960. The molecule has 0 atom stereocenters. The van der Waals surface area contributed by atoms with Crippen molar-refractivity contribution >= 4 is 0 Å². The Morgan fingerprint density at radius 3 is 3.20 bits per heavy atom. The van der Waals surface area contributed by atoms with Gasteiger partial charge < -0.3 is 10.3 Å². The maximum absolute atomic E-state index is 5.64. The summed E-state index contributed by atoms with van der Waals surface area (Å²) < 4.78 is 2.20. The number of aromatic nitrogens is 3. The van der Waals surface area contributed by atoms with Crippen molar-refractivity contribution in [1.82, 2.24) is 14.5 Å². The molecule has 0 aromatic carbocycles. The number of pyridine rings is 1. The van der Waals surface area contributed by atoms with Gasteiger partial charge in [-0.05, 0) is 18.1 Å². The molecule has 3 heterocycles. The number of hydrogen-bond acceptors (Lipinski definition) is 3. The second-order valence-corrected chi connectivity index (χ2v) is 3.70. The summed E-state index contributed by atoms with van der Waals surface area (Å²) in [5, 5.41) is 0. The van der Waals surface area contributed by atoms with Crippen LogP contribution in [-0.2, 0) is 19.5 Å². The first-order chi connectivity index (χ1) is 7.40. The van der Waals surface area contributed by atoms with Gasteiger partial charge in [0.15, 0.2) is 0 Å². The summed E-state index contributed by atoms with van der Waals surface area (Å²) in [6.07, 6.45) is 6.68. The summed E-state index contributed by atoms with van der Waals surface area (Å²) in [4.78, 5) is 8.48. The zero-order valence-electron chi connectivity index (χ0n) is 8.35. The second kappa shape index (κ2) is 3.17. The van der Waals surface area contributed by atoms with Gasteiger partial charge in [-0.3, -0.25) is 4.98 Å². The fraction of sp³-hybridized carbons (Fsp3) is 0.273. The molecule has 1 aliphatic rings. The van der Waals surface area contributed by atoms with Gasteiger partial charge in [-0.1, -0.05) is 0 Å². The molecule has 76 valence electrons. The molecule has 0 spiro atoms. The van der Waals surface area contributed by atoms with Gasteiger partial charge >= 0.3 is 0 Å². The van der Waals surface area contributed by atoms with Gasteiger partial charge in [-0.25, -0.2) is 4.98 Å². The lowest BCUT2D eigenvalue weighted by Crippen LogP contribution is -2.15. The zero-order valence-corrected chi connectivity index (χ0v) is 8.35. The van der Waals surface area contributed by atoms with Crippen molar-refractivity contribution in [2.75, 3.05) is 0 Å². The highest BCUT2D eigenvalue weighted by Crippen LogP contribution is 2.29. The molecule has 15 heavy (non-hydrogen) atoms. The van der Waals surface area contributed by atoms with Crippen LogP contribution in [0.2, 0.25) is 0 Å². The van der Waals surface area contributed by atoms with Crippen molar-refractivity contribution in [3.8, 4) is 11.3 Å². The summed E-state index contributed by atoms with van der Waals surface area (Å²) in [5.41, 5.74) is 9.35. The van der Waals surface area contributed by atoms with E-state index in [1.807, 2.05) is 24.7 Å². The van der Waals surface area contributed by atoms with E-state index in [0.29, 0.717) is 6.54 Å². The lowest BCUT2D eigenvalue weighted by atomic mass is 10.0. The van der Waals surface area contributed by atoms with Crippen molar-refractivity contribution in [3.05, 3.63) is 36.0 Å². The van der Waals surface area contributed by atoms with E-state index in [0.717, 1.165) is 18.8 Å². The molecule has 2 aromatic rings. The van der Waals surface area contributed by atoms with E-state index in [9.17, 15) is 0 Å². The molecule has 0 radical (unpaired) electrons. The lowest BCUT2D eigenvalue weighted by molar-refractivity contribution is 0.642. The highest BCUT2D eigenvalue weighted by Gasteiger charge is 2.18. The van der Waals surface area contributed by atoms with Crippen molar-refractivity contribution in [3.63, 3.8) is 0 Å². The first kappa shape index (κ1) is 8.61. The van der Waals surface area contributed by atoms with Crippen LogP contribution in [0.3, 0.4) is 0 Å². The molecule has 0 saturated carbocycles. The quantitative estimate of drug-likeness (QED) is 0.746. The monoisotopic (exact) mass is 200 g/mol. The van der Waals surface area contributed by atoms with Crippen LogP contribution < -0.4 is 5.73 Å². The van der Waals surface area contributed by atoms with Crippen LogP contribution in [-0.4, -0.2) is 14.5 Å². The zero-order chi connectivity index (χ0) is 10.3. The molecule has 2 N–H and O–H groups in total. The maximum Gasteiger partial charge on any atom is 0.122 e. The highest BCUT2D eigenvalue weighted by molar-refractivity contribution is 5.64. The Kier molecular flexibility index (Phi) is 1.82. The first-order valence-electron chi connectivity index (χ1n) is 5.08. The average molecular weight is 200 g/mol. The molecule has 0 bridgehead atoms. The van der Waals surface area contributed by atoms with Crippen molar-refractivity contribution < 1.29 is 0 Å². The average Bonchev–Trinajstić information content (AvgIpc) is 2.72. The Labute approximate surface area is 87.8 Å². The first-order valence-corrected chi connectivity index (χ1v) is 5.08. The molecule has 3 rings (SSSR count). The predicted molar refractivity (Wildman–Crippen MR) is 57.1 cm³/mol. The van der Waals surface area contributed by atoms with Crippen LogP contribution in [0.25, 0.3) is 11.3 Å². The van der Waals surface area contributed by atoms with E-state index in [1.54, 1.807) is 0 Å². The van der Waals surface area contributed by atoms with Crippen LogP contribution in [0.15, 0.2) is 24.7 Å². The number of aryl methyl sites for hydroxylation is 1. The fourth-order valence-corrected chi connectivity index (χ4v) is 2.15. The molecule has 0 aliphatic carbocycles. The van der Waals surface area contributed by atoms with Crippen molar-refractivity contribution in [2.45, 2.75) is 19.5 Å². The van der Waals surface area contributed by atoms with E-state index in [-0.39, 0.29) is 0 Å². The minimum absolute atomic E-state index is 0.500. The smallest absolute Gasteiger partial charge is 0.122 e. The van der Waals surface area contributed by atoms with E-state index >= 15 is 0 Å². The number of fused-ring (bicyclic) bond motifs is 3. The van der Waals surface area contributed by atoms with Crippen LogP contribution in [0.4, 0.5) is 0 Å². The molecule has 2 aromatic heterocycles. The Morgan fingerprint density at radius 2 is 2.33 bits per heavy atom. The molecule has 4 heteroatoms. The summed E-state index contributed by atoms with van der Waals surface area (Å²) in [5.74, 6) is 0.965. The summed E-state index contributed by atoms with van der Waals surface area (Å²) >= 11 is 0. The lowest BCUT2D eigenvalue weighted by Gasteiger charge is -2.19. The van der Waals surface area contributed by atoms with Crippen molar-refractivity contribution in [2.24, 2.45) is 5.73 Å². The van der Waals surface area contributed by atoms with Gasteiger partial charge in [-0.15, -0.1) is 0 Å². The molecule has 4 nitrogen and oxygen atoms in total. The van der Waals surface area contributed by atoms with E-state index in [4.69, 9.17) is 5.73 Å². The summed E-state index contributed by atoms with van der Waals surface area (Å²) in [7, 11) is 0. The molecule has 1 aliphatic heterocycles. The van der Waals surface area contributed by atoms with Crippen LogP contribution in [0.1, 0.15) is 11.4 Å². The summed E-state index contributed by atoms with van der Waals surface area (Å²) in [6, 6.07) is 2.04. The van der Waals surface area contributed by atoms with E-state index < -0.39 is 0 Å². The third-order valence-corrected chi connectivity index (χ3v) is 2.91. The molecule has 0 unspecified atom stereocenters. The minimum atomic E-state index is 0.500. The molecular formula is C11H12N4. The maximum atomic E-state index is 5.64. The molecule has 0 fully saturated rings. The Hall–Kier alpha value is -1.68. The van der Waals surface area contributed by atoms with E-state index in [2.05, 4.69) is 14.5 Å². The minimum Gasteiger partial charge on any atom is -0.327 e. The largest absolute Gasteiger partial charge is 0.327 e. The van der Waals surface area contributed by atoms with Gasteiger partial charge in [0.2, 0.25) is 0 Å². The Bertz CT molecular complexity index is 501. The number of nitrogens with two attached hydrogens (primary N) is 1. The van der Waals surface area contributed by atoms with Gasteiger partial charge in [-0.2, -0.15) is 0 Å². The number of imidazole rings is 1. The standard InChI is InChI=1S/C11H12N4/c12-5-11-14-7-10-9-1-3-13-6-8(9)2-4-15(10)11/h1,3,6-7H,2,4-5,12H2. The van der Waals surface area contributed by atoms with Gasteiger partial charge in [0.1, 0.15) is 5.82 Å². The Balaban J connectivity index is 2.22. The molecule has 0 saturated heterocycles. The third-order valence-electron chi connectivity index (χ3n) is 2.91. The topological polar surface area (TPSA) is 56.7 Å². The molecule has 0 amide bonds. The van der Waals surface area contributed by atoms with Crippen LogP contribution in [0, 0.1) is 0 Å². The van der Waals surface area contributed by atoms with Gasteiger partial charge in [0.25, 0.3) is 0 Å². The number of rotatable bonds is 1. The number of nitrogens with zero attached hydrogens (tertiary/aromatic N) is 3. The SMILES string of the molecule is NCc1ncc2n1CCc1cnccc1-2. The third kappa shape index (κ3) is 1.18. The molecular weight excluding hydrogens is 188 g/mol. The van der Waals surface area contributed by atoms with Gasteiger partial charge in [0, 0.05) is 24.5 Å². The summed E-state index contributed by atoms with van der Waals surface area (Å²) in [6.45, 7) is 1.46. The number of hydrogen-bond donors (Lipinski definition) is 1.